The first-order valence-corrected chi connectivity index (χ1v) is 7.95. The zero-order valence-corrected chi connectivity index (χ0v) is 13.4. The van der Waals surface area contributed by atoms with Gasteiger partial charge in [0.2, 0.25) is 0 Å². The third-order valence-corrected chi connectivity index (χ3v) is 3.76. The Morgan fingerprint density at radius 2 is 1.72 bits per heavy atom. The summed E-state index contributed by atoms with van der Waals surface area (Å²) in [5, 5.41) is 0.948. The molecule has 0 saturated heterocycles. The van der Waals surface area contributed by atoms with Gasteiger partial charge in [-0.3, -0.25) is 4.79 Å². The molecule has 0 aliphatic rings. The Morgan fingerprint density at radius 1 is 0.960 bits per heavy atom. The first-order valence-electron chi connectivity index (χ1n) is 7.95. The molecule has 0 atom stereocenters. The number of carbonyl (C=O) groups excluding carboxylic acids is 2. The summed E-state index contributed by atoms with van der Waals surface area (Å²) in [5.74, 6) is -1.01. The average molecular weight is 337 g/mol. The second kappa shape index (κ2) is 7.66. The van der Waals surface area contributed by atoms with Crippen LogP contribution in [0.3, 0.4) is 0 Å². The summed E-state index contributed by atoms with van der Waals surface area (Å²) in [7, 11) is 0. The van der Waals surface area contributed by atoms with Crippen molar-refractivity contribution < 1.29 is 18.7 Å². The summed E-state index contributed by atoms with van der Waals surface area (Å²) in [4.78, 5) is 28.2. The smallest absolute Gasteiger partial charge is 0.356 e. The number of aromatic nitrogens is 1. The second-order valence-corrected chi connectivity index (χ2v) is 5.56. The second-order valence-electron chi connectivity index (χ2n) is 5.56. The first kappa shape index (κ1) is 16.8. The number of hydrogen-bond acceptors (Lipinski definition) is 4. The monoisotopic (exact) mass is 337 g/mol. The van der Waals surface area contributed by atoms with Crippen LogP contribution in [0.4, 0.5) is 4.39 Å². The Balaban J connectivity index is 1.50. The Bertz CT molecular complexity index is 906. The maximum atomic E-state index is 12.8. The quantitative estimate of drug-likeness (QED) is 0.384. The molecule has 126 valence electrons. The van der Waals surface area contributed by atoms with Gasteiger partial charge in [0.05, 0.1) is 12.1 Å². The number of ketones is 1. The Kier molecular flexibility index (Phi) is 5.14. The third kappa shape index (κ3) is 4.26. The van der Waals surface area contributed by atoms with E-state index in [-0.39, 0.29) is 30.3 Å². The van der Waals surface area contributed by atoms with Crippen LogP contribution < -0.4 is 0 Å². The third-order valence-electron chi connectivity index (χ3n) is 3.76. The molecule has 5 heteroatoms. The van der Waals surface area contributed by atoms with E-state index in [9.17, 15) is 14.0 Å². The van der Waals surface area contributed by atoms with Crippen LogP contribution in [0.1, 0.15) is 33.7 Å². The van der Waals surface area contributed by atoms with Gasteiger partial charge in [0, 0.05) is 17.4 Å². The van der Waals surface area contributed by atoms with Crippen molar-refractivity contribution in [3.8, 4) is 0 Å². The highest BCUT2D eigenvalue weighted by atomic mass is 19.1. The number of fused-ring (bicyclic) bond motifs is 1. The molecule has 0 saturated carbocycles. The summed E-state index contributed by atoms with van der Waals surface area (Å²) in [6.45, 7) is 0.125. The van der Waals surface area contributed by atoms with E-state index in [1.54, 1.807) is 6.07 Å². The molecule has 3 aromatic rings. The lowest BCUT2D eigenvalue weighted by Crippen LogP contribution is -2.10. The van der Waals surface area contributed by atoms with Gasteiger partial charge in [0.15, 0.2) is 5.78 Å². The van der Waals surface area contributed by atoms with Crippen LogP contribution in [0.2, 0.25) is 0 Å². The molecule has 0 bridgehead atoms. The maximum absolute atomic E-state index is 12.8. The van der Waals surface area contributed by atoms with Gasteiger partial charge in [-0.05, 0) is 42.8 Å². The molecule has 0 radical (unpaired) electrons. The lowest BCUT2D eigenvalue weighted by molar-refractivity contribution is 0.0488. The minimum absolute atomic E-state index is 0.111. The number of para-hydroxylation sites is 1. The molecule has 0 fully saturated rings. The van der Waals surface area contributed by atoms with Crippen molar-refractivity contribution in [2.45, 2.75) is 12.8 Å². The van der Waals surface area contributed by atoms with Crippen molar-refractivity contribution in [1.29, 1.82) is 0 Å². The number of hydrogen-bond donors (Lipinski definition) is 0. The van der Waals surface area contributed by atoms with Crippen molar-refractivity contribution >= 4 is 22.7 Å². The Labute approximate surface area is 144 Å². The normalized spacial score (nSPS) is 10.6. The highest BCUT2D eigenvalue weighted by molar-refractivity contribution is 5.96. The molecule has 0 amide bonds. The number of halogens is 1. The van der Waals surface area contributed by atoms with Crippen molar-refractivity contribution in [2.24, 2.45) is 0 Å². The number of rotatable bonds is 6. The van der Waals surface area contributed by atoms with Gasteiger partial charge in [0.1, 0.15) is 11.5 Å². The van der Waals surface area contributed by atoms with Gasteiger partial charge < -0.3 is 4.74 Å². The Hall–Kier alpha value is -3.08. The molecule has 1 aromatic heterocycles. The fourth-order valence-corrected chi connectivity index (χ4v) is 2.43. The number of carbonyl (C=O) groups is 2. The Morgan fingerprint density at radius 3 is 2.52 bits per heavy atom. The number of benzene rings is 2. The number of Topliss-reactive ketones (excluding diaryl/α,β-unsaturated/α-hetero) is 1. The maximum Gasteiger partial charge on any atom is 0.356 e. The van der Waals surface area contributed by atoms with Gasteiger partial charge in [-0.2, -0.15) is 0 Å². The molecule has 4 nitrogen and oxygen atoms in total. The number of esters is 1. The van der Waals surface area contributed by atoms with Gasteiger partial charge in [-0.25, -0.2) is 14.2 Å². The van der Waals surface area contributed by atoms with Gasteiger partial charge in [0.25, 0.3) is 0 Å². The van der Waals surface area contributed by atoms with E-state index in [0.29, 0.717) is 12.0 Å². The van der Waals surface area contributed by atoms with Crippen LogP contribution >= 0.6 is 0 Å². The summed E-state index contributed by atoms with van der Waals surface area (Å²) < 4.78 is 18.0. The van der Waals surface area contributed by atoms with Gasteiger partial charge in [-0.15, -0.1) is 0 Å². The van der Waals surface area contributed by atoms with Gasteiger partial charge >= 0.3 is 5.97 Å². The molecule has 0 aliphatic carbocycles. The zero-order valence-electron chi connectivity index (χ0n) is 13.4. The molecule has 0 unspecified atom stereocenters. The van der Waals surface area contributed by atoms with Crippen LogP contribution in [-0.2, 0) is 4.74 Å². The van der Waals surface area contributed by atoms with E-state index in [0.717, 1.165) is 10.9 Å². The fourth-order valence-electron chi connectivity index (χ4n) is 2.43. The number of nitrogens with zero attached hydrogens (tertiary/aromatic N) is 1. The predicted octanol–water partition coefficient (Wildman–Crippen LogP) is 4.19. The van der Waals surface area contributed by atoms with Crippen LogP contribution in [0.5, 0.6) is 0 Å². The fraction of sp³-hybridized carbons (Fsp3) is 0.150. The van der Waals surface area contributed by atoms with Crippen molar-refractivity contribution in [3.63, 3.8) is 0 Å². The van der Waals surface area contributed by atoms with E-state index < -0.39 is 5.97 Å². The summed E-state index contributed by atoms with van der Waals surface area (Å²) in [5.41, 5.74) is 1.41. The van der Waals surface area contributed by atoms with Crippen LogP contribution in [0, 0.1) is 5.82 Å². The summed E-state index contributed by atoms with van der Waals surface area (Å²) in [6, 6.07) is 16.3. The van der Waals surface area contributed by atoms with Crippen molar-refractivity contribution in [1.82, 2.24) is 4.98 Å². The highest BCUT2D eigenvalue weighted by Crippen LogP contribution is 2.13. The molecule has 1 heterocycles. The molecule has 0 aliphatic heterocycles. The van der Waals surface area contributed by atoms with Crippen LogP contribution in [0.15, 0.2) is 60.7 Å². The van der Waals surface area contributed by atoms with E-state index in [4.69, 9.17) is 4.74 Å². The standard InChI is InChI=1S/C20H16FNO3/c21-16-10-7-15(8-11-16)19(23)6-3-13-25-20(24)18-12-9-14-4-1-2-5-17(14)22-18/h1-2,4-5,7-12H,3,6,13H2. The molecular formula is C20H16FNO3. The van der Waals surface area contributed by atoms with E-state index >= 15 is 0 Å². The number of pyridine rings is 1. The largest absolute Gasteiger partial charge is 0.461 e. The van der Waals surface area contributed by atoms with Crippen LogP contribution in [-0.4, -0.2) is 23.3 Å². The topological polar surface area (TPSA) is 56.3 Å². The highest BCUT2D eigenvalue weighted by Gasteiger charge is 2.11. The van der Waals surface area contributed by atoms with E-state index in [1.807, 2.05) is 30.3 Å². The predicted molar refractivity (Wildman–Crippen MR) is 92.0 cm³/mol. The van der Waals surface area contributed by atoms with Crippen molar-refractivity contribution in [2.75, 3.05) is 6.61 Å². The molecule has 2 aromatic carbocycles. The summed E-state index contributed by atoms with van der Waals surface area (Å²) in [6.07, 6.45) is 0.625. The van der Waals surface area contributed by atoms with Crippen molar-refractivity contribution in [3.05, 3.63) is 77.7 Å². The van der Waals surface area contributed by atoms with Crippen LogP contribution in [0.25, 0.3) is 10.9 Å². The van der Waals surface area contributed by atoms with E-state index in [1.165, 1.54) is 24.3 Å². The minimum Gasteiger partial charge on any atom is -0.461 e. The molecule has 3 rings (SSSR count). The van der Waals surface area contributed by atoms with Gasteiger partial charge in [-0.1, -0.05) is 24.3 Å². The lowest BCUT2D eigenvalue weighted by atomic mass is 10.1. The average Bonchev–Trinajstić information content (AvgIpc) is 2.65. The number of ether oxygens (including phenoxy) is 1. The molecule has 0 N–H and O–H groups in total. The lowest BCUT2D eigenvalue weighted by Gasteiger charge is -2.05. The SMILES string of the molecule is O=C(CCCOC(=O)c1ccc2ccccc2n1)c1ccc(F)cc1. The molecule has 25 heavy (non-hydrogen) atoms. The minimum atomic E-state index is -0.514. The molecular weight excluding hydrogens is 321 g/mol. The summed E-state index contributed by atoms with van der Waals surface area (Å²) >= 11 is 0. The molecule has 0 spiro atoms. The first-order chi connectivity index (χ1) is 12.1. The zero-order chi connectivity index (χ0) is 17.6. The van der Waals surface area contributed by atoms with E-state index in [2.05, 4.69) is 4.98 Å².